The van der Waals surface area contributed by atoms with E-state index < -0.39 is 0 Å². The van der Waals surface area contributed by atoms with Crippen LogP contribution in [0.5, 0.6) is 34.5 Å². The number of hydrogen-bond donors (Lipinski definition) is 0. The summed E-state index contributed by atoms with van der Waals surface area (Å²) < 4.78 is 39.9. The number of ether oxygens (including phenoxy) is 7. The van der Waals surface area contributed by atoms with E-state index in [2.05, 4.69) is 0 Å². The second kappa shape index (κ2) is 10.0. The molecule has 3 rings (SSSR count). The highest BCUT2D eigenvalue weighted by Crippen LogP contribution is 2.54. The quantitative estimate of drug-likeness (QED) is 0.567. The molecule has 2 unspecified atom stereocenters. The summed E-state index contributed by atoms with van der Waals surface area (Å²) in [6.07, 6.45) is 1.68. The molecule has 2 aromatic rings. The molecule has 0 amide bonds. The van der Waals surface area contributed by atoms with Gasteiger partial charge in [-0.05, 0) is 49.1 Å². The molecule has 0 aliphatic heterocycles. The van der Waals surface area contributed by atoms with E-state index in [-0.39, 0.29) is 12.0 Å². The van der Waals surface area contributed by atoms with Crippen molar-refractivity contribution < 1.29 is 33.2 Å². The Morgan fingerprint density at radius 2 is 1.23 bits per heavy atom. The van der Waals surface area contributed by atoms with Crippen LogP contribution in [-0.4, -0.2) is 49.3 Å². The van der Waals surface area contributed by atoms with Crippen molar-refractivity contribution in [2.45, 2.75) is 31.8 Å². The van der Waals surface area contributed by atoms with Gasteiger partial charge < -0.3 is 33.2 Å². The van der Waals surface area contributed by atoms with E-state index in [0.717, 1.165) is 29.5 Å². The van der Waals surface area contributed by atoms with E-state index >= 15 is 0 Å². The predicted octanol–water partition coefficient (Wildman–Crippen LogP) is 4.74. The summed E-state index contributed by atoms with van der Waals surface area (Å²) in [5, 5.41) is 0. The Kier molecular flexibility index (Phi) is 7.38. The van der Waals surface area contributed by atoms with Crippen molar-refractivity contribution in [3.63, 3.8) is 0 Å². The van der Waals surface area contributed by atoms with Gasteiger partial charge in [-0.2, -0.15) is 0 Å². The highest BCUT2D eigenvalue weighted by molar-refractivity contribution is 5.64. The van der Waals surface area contributed by atoms with Crippen LogP contribution in [0.2, 0.25) is 0 Å². The van der Waals surface area contributed by atoms with Crippen molar-refractivity contribution in [3.8, 4) is 34.5 Å². The maximum Gasteiger partial charge on any atom is 0.203 e. The van der Waals surface area contributed by atoms with Crippen molar-refractivity contribution in [3.05, 3.63) is 34.9 Å². The maximum absolute atomic E-state index is 6.07. The molecule has 0 N–H and O–H groups in total. The van der Waals surface area contributed by atoms with Crippen LogP contribution in [0.15, 0.2) is 18.2 Å². The highest BCUT2D eigenvalue weighted by atomic mass is 16.5. The topological polar surface area (TPSA) is 64.6 Å². The molecule has 0 aromatic heterocycles. The van der Waals surface area contributed by atoms with Gasteiger partial charge in [0.25, 0.3) is 0 Å². The molecule has 0 saturated heterocycles. The van der Waals surface area contributed by atoms with E-state index in [0.29, 0.717) is 41.1 Å². The molecule has 7 heteroatoms. The van der Waals surface area contributed by atoms with Gasteiger partial charge in [-0.25, -0.2) is 0 Å². The molecule has 0 heterocycles. The third-order valence-corrected chi connectivity index (χ3v) is 5.77. The first-order valence-electron chi connectivity index (χ1n) is 10.3. The van der Waals surface area contributed by atoms with E-state index in [4.69, 9.17) is 33.2 Å². The largest absolute Gasteiger partial charge is 0.493 e. The van der Waals surface area contributed by atoms with Gasteiger partial charge in [0.05, 0.1) is 48.8 Å². The zero-order chi connectivity index (χ0) is 22.5. The lowest BCUT2D eigenvalue weighted by Crippen LogP contribution is -2.19. The Morgan fingerprint density at radius 1 is 0.677 bits per heavy atom. The first-order valence-corrected chi connectivity index (χ1v) is 10.3. The van der Waals surface area contributed by atoms with Crippen LogP contribution in [-0.2, 0) is 4.74 Å². The van der Waals surface area contributed by atoms with Crippen molar-refractivity contribution >= 4 is 0 Å². The number of benzene rings is 2. The van der Waals surface area contributed by atoms with Crippen LogP contribution in [0, 0.1) is 0 Å². The second-order valence-corrected chi connectivity index (χ2v) is 7.18. The fourth-order valence-electron chi connectivity index (χ4n) is 4.45. The first kappa shape index (κ1) is 22.9. The van der Waals surface area contributed by atoms with Gasteiger partial charge in [0.2, 0.25) is 11.5 Å². The molecular formula is C24H32O7. The van der Waals surface area contributed by atoms with Gasteiger partial charge in [0, 0.05) is 18.1 Å². The van der Waals surface area contributed by atoms with E-state index in [9.17, 15) is 0 Å². The van der Waals surface area contributed by atoms with Crippen LogP contribution in [0.3, 0.4) is 0 Å². The lowest BCUT2D eigenvalue weighted by atomic mass is 9.76. The van der Waals surface area contributed by atoms with Crippen LogP contribution < -0.4 is 28.4 Å². The first-order chi connectivity index (χ1) is 15.1. The Balaban J connectivity index is 2.27. The van der Waals surface area contributed by atoms with Gasteiger partial charge >= 0.3 is 0 Å². The zero-order valence-corrected chi connectivity index (χ0v) is 19.4. The highest BCUT2D eigenvalue weighted by Gasteiger charge is 2.36. The monoisotopic (exact) mass is 432 g/mol. The van der Waals surface area contributed by atoms with Crippen molar-refractivity contribution in [1.29, 1.82) is 0 Å². The van der Waals surface area contributed by atoms with Gasteiger partial charge in [-0.3, -0.25) is 0 Å². The molecule has 31 heavy (non-hydrogen) atoms. The smallest absolute Gasteiger partial charge is 0.203 e. The molecule has 0 spiro atoms. The number of methoxy groups -OCH3 is 6. The summed E-state index contributed by atoms with van der Waals surface area (Å²) in [5.74, 6) is 3.66. The summed E-state index contributed by atoms with van der Waals surface area (Å²) in [5.41, 5.74) is 3.11. The van der Waals surface area contributed by atoms with Crippen LogP contribution >= 0.6 is 0 Å². The Hall–Kier alpha value is -2.80. The minimum Gasteiger partial charge on any atom is -0.493 e. The molecule has 0 bridgehead atoms. The van der Waals surface area contributed by atoms with Gasteiger partial charge in [0.1, 0.15) is 0 Å². The summed E-state index contributed by atoms with van der Waals surface area (Å²) in [7, 11) is 9.73. The molecule has 7 nitrogen and oxygen atoms in total. The average molecular weight is 433 g/mol. The van der Waals surface area contributed by atoms with Crippen molar-refractivity contribution in [2.75, 3.05) is 49.3 Å². The molecule has 0 radical (unpaired) electrons. The van der Waals surface area contributed by atoms with E-state index in [1.54, 1.807) is 42.7 Å². The molecule has 170 valence electrons. The maximum atomic E-state index is 6.07. The summed E-state index contributed by atoms with van der Waals surface area (Å²) >= 11 is 0. The van der Waals surface area contributed by atoms with Crippen LogP contribution in [0.1, 0.15) is 48.5 Å². The van der Waals surface area contributed by atoms with Gasteiger partial charge in [-0.15, -0.1) is 0 Å². The van der Waals surface area contributed by atoms with E-state index in [1.165, 1.54) is 0 Å². The zero-order valence-electron chi connectivity index (χ0n) is 19.4. The lowest BCUT2D eigenvalue weighted by Gasteiger charge is -2.34. The summed E-state index contributed by atoms with van der Waals surface area (Å²) in [6, 6.07) is 5.99. The standard InChI is InChI=1S/C24H32O7/c1-8-31-17-10-9-15(14-11-18(25-2)22(28-5)19(12-14)26-3)21-16(17)13-20(27-4)23(29-6)24(21)30-7/h11-13,15,17H,8-10H2,1-7H3. The number of hydrogen-bond acceptors (Lipinski definition) is 7. The SMILES string of the molecule is CCOC1CCC(c2cc(OC)c(OC)c(OC)c2)c2c1cc(OC)c(OC)c2OC. The Labute approximate surface area is 184 Å². The number of fused-ring (bicyclic) bond motifs is 1. The third-order valence-electron chi connectivity index (χ3n) is 5.77. The second-order valence-electron chi connectivity index (χ2n) is 7.18. The summed E-state index contributed by atoms with van der Waals surface area (Å²) in [6.45, 7) is 2.62. The van der Waals surface area contributed by atoms with E-state index in [1.807, 2.05) is 25.1 Å². The minimum atomic E-state index is -0.0491. The molecule has 1 aliphatic rings. The van der Waals surface area contributed by atoms with Crippen LogP contribution in [0.25, 0.3) is 0 Å². The lowest BCUT2D eigenvalue weighted by molar-refractivity contribution is 0.0476. The fraction of sp³-hybridized carbons (Fsp3) is 0.500. The van der Waals surface area contributed by atoms with Gasteiger partial charge in [0.15, 0.2) is 23.0 Å². The van der Waals surface area contributed by atoms with Crippen molar-refractivity contribution in [1.82, 2.24) is 0 Å². The number of rotatable bonds is 9. The molecule has 1 aliphatic carbocycles. The normalized spacial score (nSPS) is 17.5. The van der Waals surface area contributed by atoms with Gasteiger partial charge in [-0.1, -0.05) is 0 Å². The Morgan fingerprint density at radius 3 is 1.71 bits per heavy atom. The fourth-order valence-corrected chi connectivity index (χ4v) is 4.45. The minimum absolute atomic E-state index is 0.0233. The Bertz CT molecular complexity index is 884. The average Bonchev–Trinajstić information content (AvgIpc) is 2.81. The third kappa shape index (κ3) is 4.06. The molecular weight excluding hydrogens is 400 g/mol. The molecule has 0 fully saturated rings. The molecule has 2 atom stereocenters. The van der Waals surface area contributed by atoms with Crippen LogP contribution in [0.4, 0.5) is 0 Å². The molecule has 0 saturated carbocycles. The summed E-state index contributed by atoms with van der Waals surface area (Å²) in [4.78, 5) is 0. The van der Waals surface area contributed by atoms with Crippen molar-refractivity contribution in [2.24, 2.45) is 0 Å². The predicted molar refractivity (Wildman–Crippen MR) is 118 cm³/mol. The molecule has 2 aromatic carbocycles.